The van der Waals surface area contributed by atoms with E-state index in [0.29, 0.717) is 24.5 Å². The lowest BCUT2D eigenvalue weighted by molar-refractivity contribution is -0.152. The molecular weight excluding hydrogens is 270 g/mol. The quantitative estimate of drug-likeness (QED) is 0.914. The van der Waals surface area contributed by atoms with E-state index in [9.17, 15) is 14.7 Å². The third kappa shape index (κ3) is 3.37. The van der Waals surface area contributed by atoms with Gasteiger partial charge >= 0.3 is 5.97 Å². The van der Waals surface area contributed by atoms with Crippen molar-refractivity contribution in [3.63, 3.8) is 0 Å². The molecule has 6 nitrogen and oxygen atoms in total. The van der Waals surface area contributed by atoms with E-state index in [2.05, 4.69) is 9.97 Å². The molecule has 1 N–H and O–H groups in total. The van der Waals surface area contributed by atoms with Gasteiger partial charge in [0.05, 0.1) is 17.7 Å². The van der Waals surface area contributed by atoms with Crippen LogP contribution in [0.15, 0.2) is 12.3 Å². The fourth-order valence-electron chi connectivity index (χ4n) is 2.83. The van der Waals surface area contributed by atoms with Crippen LogP contribution in [0.3, 0.4) is 0 Å². The molecule has 0 aromatic carbocycles. The summed E-state index contributed by atoms with van der Waals surface area (Å²) in [6.07, 6.45) is 2.25. The van der Waals surface area contributed by atoms with Crippen molar-refractivity contribution in [3.8, 4) is 0 Å². The van der Waals surface area contributed by atoms with Gasteiger partial charge in [-0.05, 0) is 25.3 Å². The number of amides is 1. The normalized spacial score (nSPS) is 22.7. The number of carboxylic acid groups (broad SMARTS) is 1. The Labute approximate surface area is 124 Å². The maximum Gasteiger partial charge on any atom is 0.309 e. The zero-order valence-corrected chi connectivity index (χ0v) is 12.6. The molecule has 2 atom stereocenters. The van der Waals surface area contributed by atoms with Gasteiger partial charge in [0.2, 0.25) is 5.91 Å². The second-order valence-electron chi connectivity index (χ2n) is 5.90. The minimum absolute atomic E-state index is 0.00228. The van der Waals surface area contributed by atoms with Gasteiger partial charge in [-0.2, -0.15) is 0 Å². The molecule has 0 saturated carbocycles. The van der Waals surface area contributed by atoms with Crippen molar-refractivity contribution in [3.05, 3.63) is 23.8 Å². The summed E-state index contributed by atoms with van der Waals surface area (Å²) in [5.74, 6) is -0.637. The number of hydrogen-bond donors (Lipinski definition) is 1. The summed E-state index contributed by atoms with van der Waals surface area (Å²) < 4.78 is 0. The molecule has 6 heteroatoms. The van der Waals surface area contributed by atoms with Crippen LogP contribution in [0.2, 0.25) is 0 Å². The summed E-state index contributed by atoms with van der Waals surface area (Å²) in [5.41, 5.74) is 0.614. The van der Waals surface area contributed by atoms with E-state index in [4.69, 9.17) is 0 Å². The van der Waals surface area contributed by atoms with E-state index >= 15 is 0 Å². The topological polar surface area (TPSA) is 83.4 Å². The van der Waals surface area contributed by atoms with E-state index in [-0.39, 0.29) is 18.2 Å². The number of hydrogen-bond acceptors (Lipinski definition) is 4. The molecule has 1 aromatic rings. The Morgan fingerprint density at radius 3 is 2.81 bits per heavy atom. The summed E-state index contributed by atoms with van der Waals surface area (Å²) in [7, 11) is 0. The maximum absolute atomic E-state index is 12.3. The van der Waals surface area contributed by atoms with Gasteiger partial charge < -0.3 is 10.0 Å². The van der Waals surface area contributed by atoms with Crippen molar-refractivity contribution in [1.29, 1.82) is 0 Å². The van der Waals surface area contributed by atoms with Crippen LogP contribution in [-0.4, -0.2) is 38.4 Å². The third-order valence-corrected chi connectivity index (χ3v) is 3.69. The zero-order chi connectivity index (χ0) is 15.6. The minimum atomic E-state index is -0.877. The predicted octanol–water partition coefficient (Wildman–Crippen LogP) is 1.81. The number of aliphatic carboxylic acids is 1. The first-order valence-electron chi connectivity index (χ1n) is 7.22. The average molecular weight is 291 g/mol. The SMILES string of the molecule is Cc1nccc(C2C(C(=O)O)CCC(=O)N2CC(C)C)n1. The summed E-state index contributed by atoms with van der Waals surface area (Å²) in [5, 5.41) is 9.50. The van der Waals surface area contributed by atoms with Crippen LogP contribution in [0.1, 0.15) is 44.2 Å². The Balaban J connectivity index is 2.43. The number of carboxylic acids is 1. The third-order valence-electron chi connectivity index (χ3n) is 3.69. The summed E-state index contributed by atoms with van der Waals surface area (Å²) in [6, 6.07) is 1.20. The molecule has 21 heavy (non-hydrogen) atoms. The van der Waals surface area contributed by atoms with Gasteiger partial charge in [0, 0.05) is 19.2 Å². The second-order valence-corrected chi connectivity index (χ2v) is 5.90. The first-order valence-corrected chi connectivity index (χ1v) is 7.22. The van der Waals surface area contributed by atoms with Crippen LogP contribution in [0, 0.1) is 18.8 Å². The molecule has 2 rings (SSSR count). The van der Waals surface area contributed by atoms with Gasteiger partial charge in [0.1, 0.15) is 5.82 Å². The molecule has 0 aliphatic carbocycles. The highest BCUT2D eigenvalue weighted by molar-refractivity contribution is 5.81. The molecule has 1 aromatic heterocycles. The summed E-state index contributed by atoms with van der Waals surface area (Å²) in [6.45, 7) is 6.33. The highest BCUT2D eigenvalue weighted by atomic mass is 16.4. The minimum Gasteiger partial charge on any atom is -0.481 e. The first-order chi connectivity index (χ1) is 9.90. The highest BCUT2D eigenvalue weighted by Crippen LogP contribution is 2.36. The van der Waals surface area contributed by atoms with E-state index in [1.807, 2.05) is 13.8 Å². The molecule has 1 aliphatic rings. The maximum atomic E-state index is 12.3. The molecule has 0 radical (unpaired) electrons. The van der Waals surface area contributed by atoms with Gasteiger partial charge in [-0.1, -0.05) is 13.8 Å². The number of nitrogens with zero attached hydrogens (tertiary/aromatic N) is 3. The van der Waals surface area contributed by atoms with Crippen LogP contribution in [-0.2, 0) is 9.59 Å². The lowest BCUT2D eigenvalue weighted by atomic mass is 9.86. The number of likely N-dealkylation sites (tertiary alicyclic amines) is 1. The number of aryl methyl sites for hydroxylation is 1. The van der Waals surface area contributed by atoms with E-state index in [0.717, 1.165) is 0 Å². The predicted molar refractivity (Wildman–Crippen MR) is 76.4 cm³/mol. The van der Waals surface area contributed by atoms with E-state index < -0.39 is 17.9 Å². The second kappa shape index (κ2) is 6.20. The summed E-state index contributed by atoms with van der Waals surface area (Å²) in [4.78, 5) is 33.9. The Morgan fingerprint density at radius 2 is 2.24 bits per heavy atom. The largest absolute Gasteiger partial charge is 0.481 e. The monoisotopic (exact) mass is 291 g/mol. The van der Waals surface area contributed by atoms with Crippen molar-refractivity contribution in [1.82, 2.24) is 14.9 Å². The summed E-state index contributed by atoms with van der Waals surface area (Å²) >= 11 is 0. The molecule has 0 bridgehead atoms. The molecule has 2 unspecified atom stereocenters. The van der Waals surface area contributed by atoms with Gasteiger partial charge in [-0.15, -0.1) is 0 Å². The van der Waals surface area contributed by atoms with Crippen LogP contribution >= 0.6 is 0 Å². The van der Waals surface area contributed by atoms with Crippen molar-refractivity contribution >= 4 is 11.9 Å². The number of rotatable bonds is 4. The smallest absolute Gasteiger partial charge is 0.309 e. The van der Waals surface area contributed by atoms with Gasteiger partial charge in [-0.25, -0.2) is 9.97 Å². The van der Waals surface area contributed by atoms with Gasteiger partial charge in [0.25, 0.3) is 0 Å². The number of carbonyl (C=O) groups excluding carboxylic acids is 1. The van der Waals surface area contributed by atoms with Crippen LogP contribution < -0.4 is 0 Å². The number of piperidine rings is 1. The Hall–Kier alpha value is -1.98. The van der Waals surface area contributed by atoms with Crippen molar-refractivity contribution in [2.24, 2.45) is 11.8 Å². The Bertz CT molecular complexity index is 545. The lowest BCUT2D eigenvalue weighted by Crippen LogP contribution is -2.47. The zero-order valence-electron chi connectivity index (χ0n) is 12.6. The molecule has 1 fully saturated rings. The van der Waals surface area contributed by atoms with Crippen molar-refractivity contribution in [2.75, 3.05) is 6.54 Å². The highest BCUT2D eigenvalue weighted by Gasteiger charge is 2.41. The van der Waals surface area contributed by atoms with Crippen LogP contribution in [0.4, 0.5) is 0 Å². The van der Waals surface area contributed by atoms with Crippen LogP contribution in [0.5, 0.6) is 0 Å². The van der Waals surface area contributed by atoms with E-state index in [1.165, 1.54) is 0 Å². The molecule has 1 saturated heterocycles. The fraction of sp³-hybridized carbons (Fsp3) is 0.600. The molecule has 2 heterocycles. The van der Waals surface area contributed by atoms with E-state index in [1.54, 1.807) is 24.1 Å². The fourth-order valence-corrected chi connectivity index (χ4v) is 2.83. The molecule has 0 spiro atoms. The molecule has 1 aliphatic heterocycles. The van der Waals surface area contributed by atoms with Gasteiger partial charge in [0.15, 0.2) is 0 Å². The Morgan fingerprint density at radius 1 is 1.52 bits per heavy atom. The molecular formula is C15H21N3O3. The van der Waals surface area contributed by atoms with Gasteiger partial charge in [-0.3, -0.25) is 9.59 Å². The average Bonchev–Trinajstić information content (AvgIpc) is 2.40. The standard InChI is InChI=1S/C15H21N3O3/c1-9(2)8-18-13(19)5-4-11(15(20)21)14(18)12-6-7-16-10(3)17-12/h6-7,9,11,14H,4-5,8H2,1-3H3,(H,20,21). The van der Waals surface area contributed by atoms with Crippen LogP contribution in [0.25, 0.3) is 0 Å². The van der Waals surface area contributed by atoms with Crippen molar-refractivity contribution < 1.29 is 14.7 Å². The molecule has 114 valence electrons. The molecule has 1 amide bonds. The van der Waals surface area contributed by atoms with Crippen molar-refractivity contribution in [2.45, 2.75) is 39.7 Å². The number of aromatic nitrogens is 2. The Kier molecular flexibility index (Phi) is 4.55. The lowest BCUT2D eigenvalue weighted by Gasteiger charge is -2.40. The first kappa shape index (κ1) is 15.4. The number of carbonyl (C=O) groups is 2.